The van der Waals surface area contributed by atoms with Gasteiger partial charge < -0.3 is 10.6 Å². The SMILES string of the molecule is Cl.O=C(CNCC1CC1)NC(c1ccccc1)c1ccc(Br)cc1F. The van der Waals surface area contributed by atoms with Gasteiger partial charge in [0.15, 0.2) is 0 Å². The normalized spacial score (nSPS) is 14.5. The Bertz CT molecular complexity index is 710. The van der Waals surface area contributed by atoms with E-state index >= 15 is 0 Å². The van der Waals surface area contributed by atoms with Crippen molar-refractivity contribution in [3.63, 3.8) is 0 Å². The molecule has 1 saturated carbocycles. The monoisotopic (exact) mass is 426 g/mol. The van der Waals surface area contributed by atoms with Gasteiger partial charge in [-0.25, -0.2) is 4.39 Å². The summed E-state index contributed by atoms with van der Waals surface area (Å²) in [5.74, 6) is 0.239. The van der Waals surface area contributed by atoms with Gasteiger partial charge in [0.1, 0.15) is 5.82 Å². The van der Waals surface area contributed by atoms with E-state index in [0.717, 1.165) is 12.1 Å². The number of hydrogen-bond donors (Lipinski definition) is 2. The van der Waals surface area contributed by atoms with E-state index in [1.165, 1.54) is 18.9 Å². The summed E-state index contributed by atoms with van der Waals surface area (Å²) in [6, 6.07) is 13.9. The average molecular weight is 428 g/mol. The van der Waals surface area contributed by atoms with Crippen molar-refractivity contribution < 1.29 is 9.18 Å². The minimum absolute atomic E-state index is 0. The van der Waals surface area contributed by atoms with Crippen molar-refractivity contribution in [2.45, 2.75) is 18.9 Å². The second-order valence-corrected chi connectivity index (χ2v) is 7.07. The zero-order valence-corrected chi connectivity index (χ0v) is 16.1. The zero-order valence-electron chi connectivity index (χ0n) is 13.7. The highest BCUT2D eigenvalue weighted by molar-refractivity contribution is 9.10. The molecule has 0 spiro atoms. The van der Waals surface area contributed by atoms with E-state index in [2.05, 4.69) is 26.6 Å². The first-order chi connectivity index (χ1) is 11.6. The number of hydrogen-bond acceptors (Lipinski definition) is 2. The summed E-state index contributed by atoms with van der Waals surface area (Å²) in [6.07, 6.45) is 2.48. The molecule has 1 atom stereocenters. The van der Waals surface area contributed by atoms with Crippen molar-refractivity contribution in [3.05, 3.63) is 69.9 Å². The van der Waals surface area contributed by atoms with Crippen LogP contribution in [0.15, 0.2) is 53.0 Å². The summed E-state index contributed by atoms with van der Waals surface area (Å²) < 4.78 is 15.1. The van der Waals surface area contributed by atoms with Gasteiger partial charge >= 0.3 is 0 Å². The molecule has 2 aromatic rings. The number of halogens is 3. The summed E-state index contributed by atoms with van der Waals surface area (Å²) in [5, 5.41) is 6.11. The molecule has 25 heavy (non-hydrogen) atoms. The predicted octanol–water partition coefficient (Wildman–Crippen LogP) is 4.22. The van der Waals surface area contributed by atoms with Gasteiger partial charge in [0, 0.05) is 10.0 Å². The van der Waals surface area contributed by atoms with Crippen molar-refractivity contribution in [2.24, 2.45) is 5.92 Å². The Morgan fingerprint density at radius 1 is 1.20 bits per heavy atom. The molecule has 2 aromatic carbocycles. The van der Waals surface area contributed by atoms with Crippen molar-refractivity contribution in [3.8, 4) is 0 Å². The molecule has 0 bridgehead atoms. The first-order valence-electron chi connectivity index (χ1n) is 8.13. The van der Waals surface area contributed by atoms with E-state index < -0.39 is 6.04 Å². The maximum absolute atomic E-state index is 14.4. The van der Waals surface area contributed by atoms with Crippen molar-refractivity contribution in [1.29, 1.82) is 0 Å². The number of benzene rings is 2. The van der Waals surface area contributed by atoms with Gasteiger partial charge in [-0.3, -0.25) is 4.79 Å². The van der Waals surface area contributed by atoms with Crippen LogP contribution in [0.3, 0.4) is 0 Å². The van der Waals surface area contributed by atoms with E-state index in [1.807, 2.05) is 30.3 Å². The van der Waals surface area contributed by atoms with Crippen LogP contribution in [-0.2, 0) is 4.79 Å². The van der Waals surface area contributed by atoms with Gasteiger partial charge in [0.25, 0.3) is 0 Å². The Morgan fingerprint density at radius 2 is 1.92 bits per heavy atom. The largest absolute Gasteiger partial charge is 0.344 e. The molecule has 2 N–H and O–H groups in total. The zero-order chi connectivity index (χ0) is 16.9. The summed E-state index contributed by atoms with van der Waals surface area (Å²) in [6.45, 7) is 1.12. The highest BCUT2D eigenvalue weighted by Crippen LogP contribution is 2.28. The van der Waals surface area contributed by atoms with Crippen LogP contribution in [0.2, 0.25) is 0 Å². The molecule has 0 heterocycles. The molecule has 1 fully saturated rings. The molecule has 134 valence electrons. The van der Waals surface area contributed by atoms with Crippen LogP contribution in [0.1, 0.15) is 30.0 Å². The first kappa shape index (κ1) is 19.9. The number of rotatable bonds is 7. The minimum atomic E-state index is -0.505. The summed E-state index contributed by atoms with van der Waals surface area (Å²) in [4.78, 5) is 12.3. The average Bonchev–Trinajstić information content (AvgIpc) is 3.38. The Morgan fingerprint density at radius 3 is 2.56 bits per heavy atom. The molecule has 0 aliphatic heterocycles. The Labute approximate surface area is 161 Å². The lowest BCUT2D eigenvalue weighted by Gasteiger charge is -2.21. The molecular weight excluding hydrogens is 407 g/mol. The number of carbonyl (C=O) groups is 1. The Balaban J connectivity index is 0.00000225. The third-order valence-corrected chi connectivity index (χ3v) is 4.62. The van der Waals surface area contributed by atoms with Gasteiger partial charge in [-0.2, -0.15) is 0 Å². The van der Waals surface area contributed by atoms with Crippen LogP contribution in [0, 0.1) is 11.7 Å². The maximum Gasteiger partial charge on any atom is 0.234 e. The molecule has 1 aliphatic rings. The fraction of sp³-hybridized carbons (Fsp3) is 0.316. The van der Waals surface area contributed by atoms with Crippen LogP contribution >= 0.6 is 28.3 Å². The molecule has 1 aliphatic carbocycles. The van der Waals surface area contributed by atoms with Crippen LogP contribution < -0.4 is 10.6 Å². The lowest BCUT2D eigenvalue weighted by Crippen LogP contribution is -2.37. The van der Waals surface area contributed by atoms with Gasteiger partial charge in [-0.05, 0) is 43.0 Å². The standard InChI is InChI=1S/C19H20BrFN2O.ClH/c20-15-8-9-16(17(21)10-15)19(14-4-2-1-3-5-14)23-18(24)12-22-11-13-6-7-13;/h1-5,8-10,13,19,22H,6-7,11-12H2,(H,23,24);1H. The lowest BCUT2D eigenvalue weighted by molar-refractivity contribution is -0.120. The highest BCUT2D eigenvalue weighted by Gasteiger charge is 2.22. The number of amides is 1. The van der Waals surface area contributed by atoms with Crippen LogP contribution in [0.25, 0.3) is 0 Å². The van der Waals surface area contributed by atoms with E-state index in [1.54, 1.807) is 12.1 Å². The van der Waals surface area contributed by atoms with Crippen molar-refractivity contribution in [1.82, 2.24) is 10.6 Å². The molecule has 1 amide bonds. The van der Waals surface area contributed by atoms with Crippen molar-refractivity contribution in [2.75, 3.05) is 13.1 Å². The van der Waals surface area contributed by atoms with Gasteiger partial charge in [0.2, 0.25) is 5.91 Å². The summed E-state index contributed by atoms with van der Waals surface area (Å²) in [7, 11) is 0. The molecule has 0 aromatic heterocycles. The van der Waals surface area contributed by atoms with Gasteiger partial charge in [-0.15, -0.1) is 12.4 Å². The fourth-order valence-corrected chi connectivity index (χ4v) is 2.98. The number of nitrogens with one attached hydrogen (secondary N) is 2. The van der Waals surface area contributed by atoms with Gasteiger partial charge in [-0.1, -0.05) is 52.3 Å². The molecule has 6 heteroatoms. The first-order valence-corrected chi connectivity index (χ1v) is 8.93. The van der Waals surface area contributed by atoms with Crippen LogP contribution in [-0.4, -0.2) is 19.0 Å². The molecule has 0 radical (unpaired) electrons. The Kier molecular flexibility index (Phi) is 7.41. The van der Waals surface area contributed by atoms with E-state index in [9.17, 15) is 9.18 Å². The predicted molar refractivity (Wildman–Crippen MR) is 103 cm³/mol. The molecule has 3 nitrogen and oxygen atoms in total. The van der Waals surface area contributed by atoms with Gasteiger partial charge in [0.05, 0.1) is 12.6 Å². The second-order valence-electron chi connectivity index (χ2n) is 6.15. The lowest BCUT2D eigenvalue weighted by atomic mass is 9.98. The quantitative estimate of drug-likeness (QED) is 0.695. The molecule has 0 saturated heterocycles. The topological polar surface area (TPSA) is 41.1 Å². The fourth-order valence-electron chi connectivity index (χ4n) is 2.65. The smallest absolute Gasteiger partial charge is 0.234 e. The summed E-state index contributed by atoms with van der Waals surface area (Å²) >= 11 is 3.27. The highest BCUT2D eigenvalue weighted by atomic mass is 79.9. The second kappa shape index (κ2) is 9.32. The van der Waals surface area contributed by atoms with Crippen LogP contribution in [0.5, 0.6) is 0 Å². The van der Waals surface area contributed by atoms with E-state index in [-0.39, 0.29) is 30.7 Å². The molecular formula is C19H21BrClFN2O. The maximum atomic E-state index is 14.4. The summed E-state index contributed by atoms with van der Waals surface area (Å²) in [5.41, 5.74) is 1.31. The van der Waals surface area contributed by atoms with Crippen molar-refractivity contribution >= 4 is 34.2 Å². The minimum Gasteiger partial charge on any atom is -0.344 e. The number of carbonyl (C=O) groups excluding carboxylic acids is 1. The van der Waals surface area contributed by atoms with Crippen LogP contribution in [0.4, 0.5) is 4.39 Å². The van der Waals surface area contributed by atoms with E-state index in [4.69, 9.17) is 0 Å². The molecule has 1 unspecified atom stereocenters. The third kappa shape index (κ3) is 5.80. The Hall–Kier alpha value is -1.43. The third-order valence-electron chi connectivity index (χ3n) is 4.13. The molecule has 3 rings (SSSR count). The van der Waals surface area contributed by atoms with E-state index in [0.29, 0.717) is 16.0 Å².